The Hall–Kier alpha value is -3.25. The number of hydrogen-bond acceptors (Lipinski definition) is 5. The number of ketones is 1. The molecule has 134 valence electrons. The Morgan fingerprint density at radius 1 is 1.11 bits per heavy atom. The largest absolute Gasteiger partial charge is 0.462 e. The van der Waals surface area contributed by atoms with Crippen LogP contribution in [0.1, 0.15) is 33.2 Å². The predicted molar refractivity (Wildman–Crippen MR) is 104 cm³/mol. The first-order valence-corrected chi connectivity index (χ1v) is 9.45. The molecule has 0 fully saturated rings. The van der Waals surface area contributed by atoms with E-state index >= 15 is 0 Å². The lowest BCUT2D eigenvalue weighted by Crippen LogP contribution is -2.11. The van der Waals surface area contributed by atoms with Crippen molar-refractivity contribution in [2.45, 2.75) is 6.92 Å². The van der Waals surface area contributed by atoms with Crippen LogP contribution in [0.3, 0.4) is 0 Å². The van der Waals surface area contributed by atoms with Crippen LogP contribution in [0, 0.1) is 0 Å². The Balaban J connectivity index is 2.09. The van der Waals surface area contributed by atoms with Gasteiger partial charge in [-0.1, -0.05) is 12.1 Å². The quantitative estimate of drug-likeness (QED) is 0.381. The number of hydrogen-bond donors (Lipinski definition) is 0. The average Bonchev–Trinajstić information content (AvgIpc) is 3.34. The molecule has 27 heavy (non-hydrogen) atoms. The average molecular weight is 376 g/mol. The maximum Gasteiger partial charge on any atom is 0.341 e. The van der Waals surface area contributed by atoms with Crippen LogP contribution >= 0.6 is 11.3 Å². The first-order valence-electron chi connectivity index (χ1n) is 8.50. The molecule has 5 nitrogen and oxygen atoms in total. The van der Waals surface area contributed by atoms with Crippen molar-refractivity contribution in [3.8, 4) is 11.4 Å². The zero-order chi connectivity index (χ0) is 18.8. The van der Waals surface area contributed by atoms with Gasteiger partial charge in [0.15, 0.2) is 5.78 Å². The molecular weight excluding hydrogens is 360 g/mol. The zero-order valence-electron chi connectivity index (χ0n) is 14.6. The summed E-state index contributed by atoms with van der Waals surface area (Å²) >= 11 is 1.44. The molecule has 0 spiro atoms. The summed E-state index contributed by atoms with van der Waals surface area (Å²) in [5.74, 6) is -0.731. The van der Waals surface area contributed by atoms with Crippen LogP contribution in [0.4, 0.5) is 0 Å². The molecule has 0 aromatic carbocycles. The highest BCUT2D eigenvalue weighted by Crippen LogP contribution is 2.33. The van der Waals surface area contributed by atoms with Crippen molar-refractivity contribution in [2.24, 2.45) is 0 Å². The van der Waals surface area contributed by atoms with Gasteiger partial charge in [0.1, 0.15) is 0 Å². The minimum Gasteiger partial charge on any atom is -0.462 e. The summed E-state index contributed by atoms with van der Waals surface area (Å²) in [6.45, 7) is 1.98. The van der Waals surface area contributed by atoms with Crippen molar-refractivity contribution >= 4 is 28.6 Å². The third-order valence-corrected chi connectivity index (χ3v) is 4.92. The highest BCUT2D eigenvalue weighted by Gasteiger charge is 2.30. The smallest absolute Gasteiger partial charge is 0.341 e. The second-order valence-electron chi connectivity index (χ2n) is 5.83. The summed E-state index contributed by atoms with van der Waals surface area (Å²) in [7, 11) is 0. The van der Waals surface area contributed by atoms with Gasteiger partial charge in [-0.2, -0.15) is 11.3 Å². The highest BCUT2D eigenvalue weighted by atomic mass is 32.1. The number of fused-ring (bicyclic) bond motifs is 1. The number of rotatable bonds is 5. The van der Waals surface area contributed by atoms with Gasteiger partial charge in [-0.05, 0) is 42.6 Å². The van der Waals surface area contributed by atoms with E-state index in [9.17, 15) is 9.59 Å². The number of aromatic nitrogens is 2. The molecule has 0 aliphatic rings. The van der Waals surface area contributed by atoms with E-state index in [0.29, 0.717) is 28.0 Å². The molecule has 0 aliphatic heterocycles. The maximum absolute atomic E-state index is 13.4. The van der Waals surface area contributed by atoms with Crippen LogP contribution in [0.2, 0.25) is 0 Å². The van der Waals surface area contributed by atoms with Gasteiger partial charge in [0.25, 0.3) is 0 Å². The van der Waals surface area contributed by atoms with Crippen molar-refractivity contribution < 1.29 is 14.3 Å². The van der Waals surface area contributed by atoms with Gasteiger partial charge in [0.05, 0.1) is 34.6 Å². The minimum absolute atomic E-state index is 0.219. The van der Waals surface area contributed by atoms with E-state index in [2.05, 4.69) is 4.98 Å². The Kier molecular flexibility index (Phi) is 4.56. The molecule has 0 unspecified atom stereocenters. The molecule has 6 heteroatoms. The second kappa shape index (κ2) is 7.17. The summed E-state index contributed by atoms with van der Waals surface area (Å²) < 4.78 is 7.10. The van der Waals surface area contributed by atoms with Crippen LogP contribution in [-0.2, 0) is 4.74 Å². The van der Waals surface area contributed by atoms with Crippen LogP contribution in [0.15, 0.2) is 65.6 Å². The van der Waals surface area contributed by atoms with E-state index < -0.39 is 5.97 Å². The number of ether oxygens (including phenoxy) is 1. The van der Waals surface area contributed by atoms with Crippen molar-refractivity contribution in [3.05, 3.63) is 82.3 Å². The van der Waals surface area contributed by atoms with Gasteiger partial charge in [-0.3, -0.25) is 9.78 Å². The van der Waals surface area contributed by atoms with Gasteiger partial charge in [0.2, 0.25) is 0 Å². The molecule has 0 bridgehead atoms. The first kappa shape index (κ1) is 17.2. The third kappa shape index (κ3) is 2.94. The molecule has 0 saturated carbocycles. The van der Waals surface area contributed by atoms with Gasteiger partial charge < -0.3 is 9.14 Å². The number of nitrogens with zero attached hydrogens (tertiary/aromatic N) is 2. The van der Waals surface area contributed by atoms with Crippen LogP contribution in [0.5, 0.6) is 0 Å². The molecule has 0 amide bonds. The topological polar surface area (TPSA) is 60.7 Å². The zero-order valence-corrected chi connectivity index (χ0v) is 15.4. The van der Waals surface area contributed by atoms with E-state index in [4.69, 9.17) is 4.74 Å². The predicted octanol–water partition coefficient (Wildman–Crippen LogP) is 4.47. The highest BCUT2D eigenvalue weighted by molar-refractivity contribution is 7.08. The van der Waals surface area contributed by atoms with E-state index in [0.717, 1.165) is 0 Å². The molecule has 4 rings (SSSR count). The van der Waals surface area contributed by atoms with Crippen LogP contribution in [0.25, 0.3) is 16.9 Å². The Morgan fingerprint density at radius 2 is 1.96 bits per heavy atom. The van der Waals surface area contributed by atoms with Crippen LogP contribution in [-0.4, -0.2) is 27.7 Å². The summed E-state index contributed by atoms with van der Waals surface area (Å²) in [6.07, 6.45) is 3.49. The normalized spacial score (nSPS) is 10.9. The molecule has 0 N–H and O–H groups in total. The van der Waals surface area contributed by atoms with E-state index in [1.165, 1.54) is 11.3 Å². The van der Waals surface area contributed by atoms with Gasteiger partial charge >= 0.3 is 5.97 Å². The summed E-state index contributed by atoms with van der Waals surface area (Å²) in [5, 5.41) is 3.62. The monoisotopic (exact) mass is 376 g/mol. The van der Waals surface area contributed by atoms with E-state index in [1.807, 2.05) is 52.4 Å². The second-order valence-corrected chi connectivity index (χ2v) is 6.61. The molecule has 4 aromatic heterocycles. The lowest BCUT2D eigenvalue weighted by atomic mass is 9.99. The SMILES string of the molecule is CCOC(=O)c1c(C(=O)c2ccsc2)c(-c2ccccn2)n2ccccc12. The molecular formula is C21H16N2O3S. The summed E-state index contributed by atoms with van der Waals surface area (Å²) in [5.41, 5.74) is 2.96. The number of thiophene rings is 1. The van der Waals surface area contributed by atoms with Crippen molar-refractivity contribution in [1.82, 2.24) is 9.38 Å². The fourth-order valence-corrected chi connectivity index (χ4v) is 3.77. The fourth-order valence-electron chi connectivity index (χ4n) is 3.13. The van der Waals surface area contributed by atoms with Crippen LogP contribution < -0.4 is 0 Å². The van der Waals surface area contributed by atoms with Gasteiger partial charge in [-0.15, -0.1) is 0 Å². The number of esters is 1. The minimum atomic E-state index is -0.512. The van der Waals surface area contributed by atoms with Gasteiger partial charge in [-0.25, -0.2) is 4.79 Å². The first-order chi connectivity index (χ1) is 13.2. The maximum atomic E-state index is 13.4. The molecule has 0 atom stereocenters. The number of pyridine rings is 2. The lowest BCUT2D eigenvalue weighted by molar-refractivity contribution is 0.0526. The fraction of sp³-hybridized carbons (Fsp3) is 0.0952. The van der Waals surface area contributed by atoms with Gasteiger partial charge in [0, 0.05) is 23.3 Å². The lowest BCUT2D eigenvalue weighted by Gasteiger charge is -2.06. The molecule has 0 aliphatic carbocycles. The summed E-state index contributed by atoms with van der Waals surface area (Å²) in [6, 6.07) is 12.7. The molecule has 4 aromatic rings. The third-order valence-electron chi connectivity index (χ3n) is 4.24. The molecule has 0 saturated heterocycles. The number of carbonyl (C=O) groups is 2. The molecule has 0 radical (unpaired) electrons. The molecule has 4 heterocycles. The van der Waals surface area contributed by atoms with E-state index in [1.54, 1.807) is 24.6 Å². The number of carbonyl (C=O) groups excluding carboxylic acids is 2. The van der Waals surface area contributed by atoms with Crippen molar-refractivity contribution in [2.75, 3.05) is 6.61 Å². The Bertz CT molecular complexity index is 1120. The Labute approximate surface area is 159 Å². The van der Waals surface area contributed by atoms with Crippen molar-refractivity contribution in [1.29, 1.82) is 0 Å². The Morgan fingerprint density at radius 3 is 2.67 bits per heavy atom. The standard InChI is InChI=1S/C21H16N2O3S/c1-2-26-21(25)17-16-8-4-6-11-23(16)19(15-7-3-5-10-22-15)18(17)20(24)14-9-12-27-13-14/h3-13H,2H2,1H3. The van der Waals surface area contributed by atoms with E-state index in [-0.39, 0.29) is 18.0 Å². The summed E-state index contributed by atoms with van der Waals surface area (Å²) in [4.78, 5) is 30.6. The van der Waals surface area contributed by atoms with Crippen molar-refractivity contribution in [3.63, 3.8) is 0 Å².